The van der Waals surface area contributed by atoms with E-state index >= 15 is 0 Å². The Bertz CT molecular complexity index is 1890. The van der Waals surface area contributed by atoms with Crippen LogP contribution in [0, 0.1) is 34.1 Å². The Morgan fingerprint density at radius 1 is 0.698 bits per heavy atom. The average Bonchev–Trinajstić information content (AvgIpc) is 3.01. The molecule has 4 aromatic carbocycles. The highest BCUT2D eigenvalue weighted by molar-refractivity contribution is 9.10. The number of nitro benzene ring substituents is 2. The number of carbonyl (C=O) groups is 2. The van der Waals surface area contributed by atoms with Gasteiger partial charge in [-0.15, -0.1) is 0 Å². The number of amides is 2. The maximum atomic E-state index is 11.9. The van der Waals surface area contributed by atoms with E-state index in [0.717, 1.165) is 22.3 Å². The Balaban J connectivity index is 0.000000426. The first-order valence-electron chi connectivity index (χ1n) is 15.8. The Kier molecular flexibility index (Phi) is 17.3. The molecule has 284 valence electrons. The van der Waals surface area contributed by atoms with Gasteiger partial charge in [0.2, 0.25) is 0 Å². The van der Waals surface area contributed by atoms with Gasteiger partial charge in [-0.05, 0) is 95.7 Å². The minimum absolute atomic E-state index is 0. The van der Waals surface area contributed by atoms with E-state index in [0.29, 0.717) is 9.94 Å². The number of nitro groups is 2. The first kappa shape index (κ1) is 45.7. The van der Waals surface area contributed by atoms with Gasteiger partial charge in [-0.2, -0.15) is 0 Å². The highest BCUT2D eigenvalue weighted by Gasteiger charge is 2.22. The standard InChI is InChI=1S/C18H20N2O4.C11H13BrN2O4.C7H9BO2.CH4/c1-12-7-5-6-8-14(12)13-9-10-15(16(11-13)20(22)23)19-17(21)24-18(2,3)4;1-11(2,3)18-10(15)13-8-5-4-7(12)6-9(8)14(16)17;1-6-4-2-3-5-7(6)8(9)10;/h5-11H,1-4H3,(H,19,21);4-6H,1-3H3,(H,13,15);2-5,9-10H,1H3;1H4. The van der Waals surface area contributed by atoms with E-state index in [1.54, 1.807) is 65.8 Å². The van der Waals surface area contributed by atoms with Crippen LogP contribution in [0.2, 0.25) is 0 Å². The molecule has 14 nitrogen and oxygen atoms in total. The zero-order valence-electron chi connectivity index (χ0n) is 30.1. The van der Waals surface area contributed by atoms with Gasteiger partial charge in [-0.3, -0.25) is 30.9 Å². The number of hydrogen-bond donors (Lipinski definition) is 4. The van der Waals surface area contributed by atoms with Gasteiger partial charge >= 0.3 is 19.3 Å². The Morgan fingerprint density at radius 2 is 1.13 bits per heavy atom. The lowest BCUT2D eigenvalue weighted by Gasteiger charge is -2.19. The fourth-order valence-corrected chi connectivity index (χ4v) is 4.67. The van der Waals surface area contributed by atoms with Crippen LogP contribution in [-0.2, 0) is 9.47 Å². The predicted molar refractivity (Wildman–Crippen MR) is 212 cm³/mol. The van der Waals surface area contributed by atoms with Crippen molar-refractivity contribution in [2.75, 3.05) is 10.6 Å². The summed E-state index contributed by atoms with van der Waals surface area (Å²) < 4.78 is 10.7. The third kappa shape index (κ3) is 15.9. The second-order valence-electron chi connectivity index (χ2n) is 13.2. The molecule has 0 aliphatic carbocycles. The zero-order valence-corrected chi connectivity index (χ0v) is 31.7. The molecule has 4 aromatic rings. The van der Waals surface area contributed by atoms with Gasteiger partial charge in [0.15, 0.2) is 0 Å². The highest BCUT2D eigenvalue weighted by Crippen LogP contribution is 2.32. The number of nitrogens with one attached hydrogen (secondary N) is 2. The molecule has 0 bridgehead atoms. The van der Waals surface area contributed by atoms with Crippen LogP contribution in [0.3, 0.4) is 0 Å². The molecule has 0 atom stereocenters. The number of hydrogen-bond acceptors (Lipinski definition) is 10. The minimum Gasteiger partial charge on any atom is -0.444 e. The van der Waals surface area contributed by atoms with E-state index in [2.05, 4.69) is 26.6 Å². The number of benzene rings is 4. The van der Waals surface area contributed by atoms with Crippen LogP contribution < -0.4 is 16.1 Å². The van der Waals surface area contributed by atoms with Crippen LogP contribution in [0.25, 0.3) is 11.1 Å². The van der Waals surface area contributed by atoms with Gasteiger partial charge in [-0.1, -0.05) is 83.5 Å². The van der Waals surface area contributed by atoms with Crippen LogP contribution in [0.15, 0.2) is 89.4 Å². The molecule has 0 fully saturated rings. The molecule has 4 rings (SSSR count). The average molecular weight is 798 g/mol. The molecule has 0 unspecified atom stereocenters. The molecule has 2 amide bonds. The van der Waals surface area contributed by atoms with Crippen molar-refractivity contribution in [3.63, 3.8) is 0 Å². The van der Waals surface area contributed by atoms with Crippen molar-refractivity contribution in [2.24, 2.45) is 0 Å². The first-order valence-corrected chi connectivity index (χ1v) is 16.6. The summed E-state index contributed by atoms with van der Waals surface area (Å²) in [6, 6.07) is 23.9. The quantitative estimate of drug-likeness (QED) is 0.0828. The lowest BCUT2D eigenvalue weighted by molar-refractivity contribution is -0.384. The fraction of sp³-hybridized carbons (Fsp3) is 0.297. The second-order valence-corrected chi connectivity index (χ2v) is 14.1. The summed E-state index contributed by atoms with van der Waals surface area (Å²) in [6.45, 7) is 14.1. The summed E-state index contributed by atoms with van der Waals surface area (Å²) in [5.41, 5.74) is 2.59. The molecule has 0 spiro atoms. The van der Waals surface area contributed by atoms with Crippen LogP contribution in [0.4, 0.5) is 32.3 Å². The van der Waals surface area contributed by atoms with E-state index < -0.39 is 40.4 Å². The molecule has 0 saturated carbocycles. The van der Waals surface area contributed by atoms with Crippen LogP contribution in [0.1, 0.15) is 60.1 Å². The Labute approximate surface area is 318 Å². The van der Waals surface area contributed by atoms with Crippen molar-refractivity contribution in [1.82, 2.24) is 0 Å². The van der Waals surface area contributed by atoms with Crippen molar-refractivity contribution >= 4 is 63.4 Å². The van der Waals surface area contributed by atoms with Crippen LogP contribution >= 0.6 is 15.9 Å². The number of nitrogens with zero attached hydrogens (tertiary/aromatic N) is 2. The Hall–Kier alpha value is -5.32. The molecular formula is C37H46BBrN4O10. The minimum atomic E-state index is -1.35. The molecule has 53 heavy (non-hydrogen) atoms. The molecule has 0 heterocycles. The van der Waals surface area contributed by atoms with Crippen molar-refractivity contribution in [3.8, 4) is 11.1 Å². The molecule has 16 heteroatoms. The van der Waals surface area contributed by atoms with Crippen molar-refractivity contribution in [1.29, 1.82) is 0 Å². The fourth-order valence-electron chi connectivity index (χ4n) is 4.32. The SMILES string of the molecule is C.CC(C)(C)OC(=O)Nc1ccc(Br)cc1[N+](=O)[O-].Cc1ccccc1-c1ccc(NC(=O)OC(C)(C)C)c([N+](=O)[O-])c1.Cc1ccccc1B(O)O. The highest BCUT2D eigenvalue weighted by atomic mass is 79.9. The van der Waals surface area contributed by atoms with E-state index in [9.17, 15) is 29.8 Å². The number of anilines is 2. The normalized spacial score (nSPS) is 10.5. The van der Waals surface area contributed by atoms with Gasteiger partial charge in [-0.25, -0.2) is 9.59 Å². The zero-order chi connectivity index (χ0) is 39.4. The number of aryl methyl sites for hydroxylation is 2. The number of carbonyl (C=O) groups excluding carboxylic acids is 2. The lowest BCUT2D eigenvalue weighted by Crippen LogP contribution is -2.31. The summed E-state index contributed by atoms with van der Waals surface area (Å²) in [7, 11) is -1.35. The lowest BCUT2D eigenvalue weighted by atomic mass is 9.77. The van der Waals surface area contributed by atoms with Gasteiger partial charge in [0.1, 0.15) is 22.6 Å². The summed E-state index contributed by atoms with van der Waals surface area (Å²) >= 11 is 3.13. The summed E-state index contributed by atoms with van der Waals surface area (Å²) in [5, 5.41) is 44.5. The topological polar surface area (TPSA) is 203 Å². The third-order valence-corrected chi connectivity index (χ3v) is 7.04. The third-order valence-electron chi connectivity index (χ3n) is 6.54. The predicted octanol–water partition coefficient (Wildman–Crippen LogP) is 8.93. The monoisotopic (exact) mass is 796 g/mol. The number of ether oxygens (including phenoxy) is 2. The van der Waals surface area contributed by atoms with Crippen molar-refractivity contribution in [3.05, 3.63) is 121 Å². The van der Waals surface area contributed by atoms with E-state index in [1.165, 1.54) is 24.3 Å². The number of rotatable bonds is 6. The van der Waals surface area contributed by atoms with Gasteiger partial charge in [0, 0.05) is 16.6 Å². The summed E-state index contributed by atoms with van der Waals surface area (Å²) in [5.74, 6) is 0. The maximum Gasteiger partial charge on any atom is 0.488 e. The van der Waals surface area contributed by atoms with Crippen LogP contribution in [0.5, 0.6) is 0 Å². The van der Waals surface area contributed by atoms with E-state index in [-0.39, 0.29) is 30.2 Å². The molecular weight excluding hydrogens is 751 g/mol. The molecule has 0 saturated heterocycles. The molecule has 0 aliphatic heterocycles. The maximum absolute atomic E-state index is 11.9. The van der Waals surface area contributed by atoms with Crippen molar-refractivity contribution in [2.45, 2.75) is 74.0 Å². The van der Waals surface area contributed by atoms with Gasteiger partial charge < -0.3 is 19.5 Å². The second kappa shape index (κ2) is 20.1. The molecule has 0 radical (unpaired) electrons. The molecule has 0 aromatic heterocycles. The summed E-state index contributed by atoms with van der Waals surface area (Å²) in [4.78, 5) is 44.5. The molecule has 4 N–H and O–H groups in total. The van der Waals surface area contributed by atoms with E-state index in [4.69, 9.17) is 19.5 Å². The van der Waals surface area contributed by atoms with Gasteiger partial charge in [0.05, 0.1) is 9.85 Å². The van der Waals surface area contributed by atoms with E-state index in [1.807, 2.05) is 50.2 Å². The van der Waals surface area contributed by atoms with Crippen molar-refractivity contribution < 1.29 is 39.0 Å². The summed E-state index contributed by atoms with van der Waals surface area (Å²) in [6.07, 6.45) is -1.46. The Morgan fingerprint density at radius 3 is 1.55 bits per heavy atom. The smallest absolute Gasteiger partial charge is 0.444 e. The number of halogens is 1. The first-order chi connectivity index (χ1) is 24.1. The van der Waals surface area contributed by atoms with Crippen LogP contribution in [-0.4, -0.2) is 50.4 Å². The molecule has 0 aliphatic rings. The van der Waals surface area contributed by atoms with Gasteiger partial charge in [0.25, 0.3) is 11.4 Å². The largest absolute Gasteiger partial charge is 0.488 e.